The van der Waals surface area contributed by atoms with Gasteiger partial charge in [0, 0.05) is 16.8 Å². The molecule has 19 heavy (non-hydrogen) atoms. The van der Waals surface area contributed by atoms with Gasteiger partial charge in [-0.25, -0.2) is 0 Å². The summed E-state index contributed by atoms with van der Waals surface area (Å²) in [5, 5.41) is 0. The molecule has 1 aromatic heterocycles. The molecule has 0 fully saturated rings. The highest BCUT2D eigenvalue weighted by Crippen LogP contribution is 2.27. The molecule has 2 aromatic rings. The minimum Gasteiger partial charge on any atom is -0.495 e. The first-order chi connectivity index (χ1) is 9.20. The zero-order valence-electron chi connectivity index (χ0n) is 11.2. The van der Waals surface area contributed by atoms with Crippen molar-refractivity contribution in [1.29, 1.82) is 0 Å². The molecule has 2 N–H and O–H groups in total. The van der Waals surface area contributed by atoms with Gasteiger partial charge in [0.15, 0.2) is 0 Å². The third-order valence-corrected chi connectivity index (χ3v) is 3.90. The number of ether oxygens (including phenoxy) is 1. The van der Waals surface area contributed by atoms with Crippen molar-refractivity contribution in [2.45, 2.75) is 17.9 Å². The highest BCUT2D eigenvalue weighted by Gasteiger charge is 2.13. The van der Waals surface area contributed by atoms with E-state index in [4.69, 9.17) is 10.5 Å². The molecule has 0 radical (unpaired) electrons. The quantitative estimate of drug-likeness (QED) is 0.851. The van der Waals surface area contributed by atoms with Crippen LogP contribution in [0, 0.1) is 6.92 Å². The van der Waals surface area contributed by atoms with Crippen LogP contribution in [-0.4, -0.2) is 17.8 Å². The van der Waals surface area contributed by atoms with Crippen LogP contribution < -0.4 is 10.5 Å². The Morgan fingerprint density at radius 1 is 1.32 bits per heavy atom. The molecule has 1 atom stereocenters. The van der Waals surface area contributed by atoms with Crippen molar-refractivity contribution in [3.8, 4) is 5.75 Å². The van der Waals surface area contributed by atoms with Crippen molar-refractivity contribution in [2.75, 3.05) is 12.9 Å². The number of nitrogens with two attached hydrogens (primary N) is 1. The maximum Gasteiger partial charge on any atom is 0.142 e. The molecule has 1 heterocycles. The lowest BCUT2D eigenvalue weighted by atomic mass is 10.2. The molecule has 1 aromatic carbocycles. The van der Waals surface area contributed by atoms with Gasteiger partial charge >= 0.3 is 0 Å². The summed E-state index contributed by atoms with van der Waals surface area (Å²) in [6.45, 7) is 2.09. The molecule has 3 nitrogen and oxygen atoms in total. The summed E-state index contributed by atoms with van der Waals surface area (Å²) in [6.07, 6.45) is 1.75. The molecule has 0 aliphatic rings. The van der Waals surface area contributed by atoms with Gasteiger partial charge in [-0.2, -0.15) is 0 Å². The lowest BCUT2D eigenvalue weighted by Crippen LogP contribution is -2.15. The monoisotopic (exact) mass is 274 g/mol. The molecule has 0 aliphatic heterocycles. The van der Waals surface area contributed by atoms with Crippen molar-refractivity contribution in [3.63, 3.8) is 0 Å². The molecule has 0 saturated heterocycles. The zero-order chi connectivity index (χ0) is 13.7. The minimum atomic E-state index is -0.137. The number of hydrogen-bond donors (Lipinski definition) is 1. The third-order valence-electron chi connectivity index (χ3n) is 2.79. The summed E-state index contributed by atoms with van der Waals surface area (Å²) in [5.74, 6) is 1.52. The van der Waals surface area contributed by atoms with E-state index < -0.39 is 0 Å². The Bertz CT molecular complexity index is 545. The van der Waals surface area contributed by atoms with E-state index in [1.165, 1.54) is 10.5 Å². The number of nitrogens with zero attached hydrogens (tertiary/aromatic N) is 1. The predicted molar refractivity (Wildman–Crippen MR) is 79.6 cm³/mol. The van der Waals surface area contributed by atoms with Crippen LogP contribution in [0.5, 0.6) is 5.75 Å². The minimum absolute atomic E-state index is 0.137. The average Bonchev–Trinajstić information content (AvgIpc) is 2.45. The fraction of sp³-hybridized carbons (Fsp3) is 0.267. The van der Waals surface area contributed by atoms with Gasteiger partial charge in [0.25, 0.3) is 0 Å². The Hall–Kier alpha value is -1.52. The fourth-order valence-electron chi connectivity index (χ4n) is 1.82. The van der Waals surface area contributed by atoms with E-state index in [0.29, 0.717) is 0 Å². The summed E-state index contributed by atoms with van der Waals surface area (Å²) >= 11 is 1.74. The summed E-state index contributed by atoms with van der Waals surface area (Å²) in [6, 6.07) is 12.0. The molecule has 4 heteroatoms. The zero-order valence-corrected chi connectivity index (χ0v) is 12.0. The first kappa shape index (κ1) is 13.9. The number of hydrogen-bond acceptors (Lipinski definition) is 4. The fourth-order valence-corrected chi connectivity index (χ4v) is 2.80. The van der Waals surface area contributed by atoms with E-state index in [1.54, 1.807) is 25.1 Å². The van der Waals surface area contributed by atoms with E-state index in [-0.39, 0.29) is 6.04 Å². The number of pyridine rings is 1. The standard InChI is InChI=1S/C15H18N2OS/c1-11-5-3-6-12(9-11)19-10-13(16)15-14(18-2)7-4-8-17-15/h3-9,13H,10,16H2,1-2H3. The highest BCUT2D eigenvalue weighted by atomic mass is 32.2. The number of benzene rings is 1. The second-order valence-electron chi connectivity index (χ2n) is 4.32. The van der Waals surface area contributed by atoms with Crippen molar-refractivity contribution in [2.24, 2.45) is 5.73 Å². The Morgan fingerprint density at radius 2 is 2.16 bits per heavy atom. The van der Waals surface area contributed by atoms with E-state index in [0.717, 1.165) is 17.2 Å². The molecule has 2 rings (SSSR count). The van der Waals surface area contributed by atoms with Crippen LogP contribution in [0.25, 0.3) is 0 Å². The first-order valence-corrected chi connectivity index (χ1v) is 7.13. The van der Waals surface area contributed by atoms with Gasteiger partial charge in [-0.15, -0.1) is 11.8 Å². The van der Waals surface area contributed by atoms with Crippen molar-refractivity contribution in [3.05, 3.63) is 53.9 Å². The van der Waals surface area contributed by atoms with Gasteiger partial charge in [-0.3, -0.25) is 4.98 Å². The highest BCUT2D eigenvalue weighted by molar-refractivity contribution is 7.99. The number of methoxy groups -OCH3 is 1. The Balaban J connectivity index is 2.03. The van der Waals surface area contributed by atoms with Crippen LogP contribution >= 0.6 is 11.8 Å². The third kappa shape index (κ3) is 3.72. The Morgan fingerprint density at radius 3 is 2.89 bits per heavy atom. The van der Waals surface area contributed by atoms with E-state index in [2.05, 4.69) is 36.2 Å². The van der Waals surface area contributed by atoms with Gasteiger partial charge in [0.1, 0.15) is 5.75 Å². The summed E-state index contributed by atoms with van der Waals surface area (Å²) < 4.78 is 5.29. The van der Waals surface area contributed by atoms with Crippen LogP contribution in [0.15, 0.2) is 47.5 Å². The maximum atomic E-state index is 6.19. The first-order valence-electron chi connectivity index (χ1n) is 6.14. The largest absolute Gasteiger partial charge is 0.495 e. The molecule has 1 unspecified atom stereocenters. The van der Waals surface area contributed by atoms with E-state index >= 15 is 0 Å². The lowest BCUT2D eigenvalue weighted by molar-refractivity contribution is 0.404. The van der Waals surface area contributed by atoms with Gasteiger partial charge in [0.05, 0.1) is 18.8 Å². The molecular formula is C15H18N2OS. The summed E-state index contributed by atoms with van der Waals surface area (Å²) in [7, 11) is 1.64. The average molecular weight is 274 g/mol. The summed E-state index contributed by atoms with van der Waals surface area (Å²) in [5.41, 5.74) is 8.26. The van der Waals surface area contributed by atoms with Gasteiger partial charge in [0.2, 0.25) is 0 Å². The molecule has 0 aliphatic carbocycles. The van der Waals surface area contributed by atoms with Crippen LogP contribution in [0.4, 0.5) is 0 Å². The number of rotatable bonds is 5. The number of thioether (sulfide) groups is 1. The topological polar surface area (TPSA) is 48.1 Å². The number of aryl methyl sites for hydroxylation is 1. The van der Waals surface area contributed by atoms with Gasteiger partial charge in [-0.1, -0.05) is 17.7 Å². The Kier molecular flexibility index (Phi) is 4.82. The summed E-state index contributed by atoms with van der Waals surface area (Å²) in [4.78, 5) is 5.54. The van der Waals surface area contributed by atoms with Crippen molar-refractivity contribution < 1.29 is 4.74 Å². The smallest absolute Gasteiger partial charge is 0.142 e. The van der Waals surface area contributed by atoms with Crippen molar-refractivity contribution >= 4 is 11.8 Å². The van der Waals surface area contributed by atoms with Crippen LogP contribution in [0.1, 0.15) is 17.3 Å². The molecule has 0 bridgehead atoms. The Labute approximate surface area is 118 Å². The molecular weight excluding hydrogens is 256 g/mol. The van der Waals surface area contributed by atoms with E-state index in [1.807, 2.05) is 12.1 Å². The SMILES string of the molecule is COc1cccnc1C(N)CSc1cccc(C)c1. The normalized spacial score (nSPS) is 12.2. The predicted octanol–water partition coefficient (Wildman–Crippen LogP) is 3.19. The molecule has 0 saturated carbocycles. The molecule has 0 amide bonds. The van der Waals surface area contributed by atoms with Gasteiger partial charge in [-0.05, 0) is 31.2 Å². The van der Waals surface area contributed by atoms with E-state index in [9.17, 15) is 0 Å². The number of aromatic nitrogens is 1. The van der Waals surface area contributed by atoms with Crippen LogP contribution in [0.3, 0.4) is 0 Å². The molecule has 0 spiro atoms. The molecule has 100 valence electrons. The second-order valence-corrected chi connectivity index (χ2v) is 5.42. The maximum absolute atomic E-state index is 6.19. The van der Waals surface area contributed by atoms with Crippen LogP contribution in [0.2, 0.25) is 0 Å². The van der Waals surface area contributed by atoms with Gasteiger partial charge < -0.3 is 10.5 Å². The van der Waals surface area contributed by atoms with Crippen molar-refractivity contribution in [1.82, 2.24) is 4.98 Å². The van der Waals surface area contributed by atoms with Crippen LogP contribution in [-0.2, 0) is 0 Å². The lowest BCUT2D eigenvalue weighted by Gasteiger charge is -2.14. The second kappa shape index (κ2) is 6.59.